The lowest BCUT2D eigenvalue weighted by Crippen LogP contribution is -2.13. The van der Waals surface area contributed by atoms with E-state index >= 15 is 0 Å². The molecule has 0 aliphatic heterocycles. The standard InChI is InChI=1S/C14H17NO2/c1-2-10(14(16)17)7-8-11-9-15-13-6-4-3-5-12(11)13/h3-6,9-10,15H,2,7-8H2,1H3,(H,16,17). The molecule has 1 aromatic carbocycles. The molecule has 0 radical (unpaired) electrons. The van der Waals surface area contributed by atoms with Gasteiger partial charge in [0, 0.05) is 17.1 Å². The molecular formula is C14H17NO2. The first kappa shape index (κ1) is 11.7. The molecule has 1 aromatic heterocycles. The van der Waals surface area contributed by atoms with E-state index in [1.54, 1.807) is 0 Å². The predicted molar refractivity (Wildman–Crippen MR) is 68.0 cm³/mol. The molecule has 3 heteroatoms. The van der Waals surface area contributed by atoms with Crippen LogP contribution in [0.2, 0.25) is 0 Å². The quantitative estimate of drug-likeness (QED) is 0.830. The fourth-order valence-electron chi connectivity index (χ4n) is 2.17. The summed E-state index contributed by atoms with van der Waals surface area (Å²) in [6, 6.07) is 8.11. The van der Waals surface area contributed by atoms with E-state index in [2.05, 4.69) is 11.1 Å². The minimum atomic E-state index is -0.688. The Bertz CT molecular complexity index is 516. The lowest BCUT2D eigenvalue weighted by atomic mass is 9.97. The second-order valence-electron chi connectivity index (χ2n) is 4.34. The van der Waals surface area contributed by atoms with Gasteiger partial charge in [-0.3, -0.25) is 4.79 Å². The highest BCUT2D eigenvalue weighted by atomic mass is 16.4. The number of rotatable bonds is 5. The summed E-state index contributed by atoms with van der Waals surface area (Å²) in [5.74, 6) is -0.920. The Labute approximate surface area is 100 Å². The third kappa shape index (κ3) is 2.49. The van der Waals surface area contributed by atoms with Crippen LogP contribution in [0.15, 0.2) is 30.5 Å². The summed E-state index contributed by atoms with van der Waals surface area (Å²) >= 11 is 0. The van der Waals surface area contributed by atoms with Gasteiger partial charge in [-0.05, 0) is 30.9 Å². The van der Waals surface area contributed by atoms with Gasteiger partial charge in [-0.2, -0.15) is 0 Å². The summed E-state index contributed by atoms with van der Waals surface area (Å²) in [5, 5.41) is 10.2. The Morgan fingerprint density at radius 1 is 1.41 bits per heavy atom. The topological polar surface area (TPSA) is 53.1 Å². The maximum absolute atomic E-state index is 10.9. The highest BCUT2D eigenvalue weighted by molar-refractivity contribution is 5.83. The number of carboxylic acids is 1. The summed E-state index contributed by atoms with van der Waals surface area (Å²) in [6.07, 6.45) is 4.19. The van der Waals surface area contributed by atoms with E-state index in [4.69, 9.17) is 5.11 Å². The van der Waals surface area contributed by atoms with Crippen LogP contribution in [-0.2, 0) is 11.2 Å². The van der Waals surface area contributed by atoms with Crippen molar-refractivity contribution in [2.75, 3.05) is 0 Å². The van der Waals surface area contributed by atoms with Gasteiger partial charge in [0.15, 0.2) is 0 Å². The fraction of sp³-hybridized carbons (Fsp3) is 0.357. The molecule has 0 saturated heterocycles. The molecule has 1 atom stereocenters. The van der Waals surface area contributed by atoms with E-state index in [1.807, 2.05) is 31.3 Å². The van der Waals surface area contributed by atoms with Gasteiger partial charge in [0.2, 0.25) is 0 Å². The summed E-state index contributed by atoms with van der Waals surface area (Å²) < 4.78 is 0. The van der Waals surface area contributed by atoms with Crippen molar-refractivity contribution in [3.63, 3.8) is 0 Å². The van der Waals surface area contributed by atoms with Crippen molar-refractivity contribution < 1.29 is 9.90 Å². The van der Waals surface area contributed by atoms with Crippen molar-refractivity contribution in [3.05, 3.63) is 36.0 Å². The van der Waals surface area contributed by atoms with E-state index in [1.165, 1.54) is 10.9 Å². The zero-order valence-electron chi connectivity index (χ0n) is 9.94. The Hall–Kier alpha value is -1.77. The summed E-state index contributed by atoms with van der Waals surface area (Å²) in [5.41, 5.74) is 2.33. The second-order valence-corrected chi connectivity index (χ2v) is 4.34. The van der Waals surface area contributed by atoms with Crippen LogP contribution in [0.3, 0.4) is 0 Å². The van der Waals surface area contributed by atoms with Crippen LogP contribution in [0.4, 0.5) is 0 Å². The van der Waals surface area contributed by atoms with Gasteiger partial charge in [-0.15, -0.1) is 0 Å². The number of aromatic nitrogens is 1. The number of H-pyrrole nitrogens is 1. The zero-order valence-corrected chi connectivity index (χ0v) is 9.94. The van der Waals surface area contributed by atoms with E-state index < -0.39 is 5.97 Å². The van der Waals surface area contributed by atoms with Crippen molar-refractivity contribution in [2.45, 2.75) is 26.2 Å². The maximum Gasteiger partial charge on any atom is 0.306 e. The van der Waals surface area contributed by atoms with E-state index in [9.17, 15) is 4.79 Å². The average molecular weight is 231 g/mol. The van der Waals surface area contributed by atoms with Crippen molar-refractivity contribution in [1.29, 1.82) is 0 Å². The molecule has 90 valence electrons. The number of nitrogens with one attached hydrogen (secondary N) is 1. The average Bonchev–Trinajstić information content (AvgIpc) is 2.73. The normalized spacial score (nSPS) is 12.8. The molecule has 0 aliphatic carbocycles. The van der Waals surface area contributed by atoms with Crippen molar-refractivity contribution in [1.82, 2.24) is 4.98 Å². The van der Waals surface area contributed by atoms with E-state index in [-0.39, 0.29) is 5.92 Å². The third-order valence-electron chi connectivity index (χ3n) is 3.28. The number of hydrogen-bond acceptors (Lipinski definition) is 1. The van der Waals surface area contributed by atoms with Gasteiger partial charge in [0.25, 0.3) is 0 Å². The molecule has 1 heterocycles. The Balaban J connectivity index is 2.11. The van der Waals surface area contributed by atoms with Gasteiger partial charge in [-0.25, -0.2) is 0 Å². The molecule has 0 bridgehead atoms. The minimum absolute atomic E-state index is 0.233. The fourth-order valence-corrected chi connectivity index (χ4v) is 2.17. The Morgan fingerprint density at radius 2 is 2.18 bits per heavy atom. The number of para-hydroxylation sites is 1. The van der Waals surface area contributed by atoms with Crippen molar-refractivity contribution in [3.8, 4) is 0 Å². The minimum Gasteiger partial charge on any atom is -0.481 e. The van der Waals surface area contributed by atoms with Crippen molar-refractivity contribution in [2.24, 2.45) is 5.92 Å². The van der Waals surface area contributed by atoms with Crippen LogP contribution in [-0.4, -0.2) is 16.1 Å². The monoisotopic (exact) mass is 231 g/mol. The van der Waals surface area contributed by atoms with E-state index in [0.717, 1.165) is 11.9 Å². The Kier molecular flexibility index (Phi) is 3.47. The first-order chi connectivity index (χ1) is 8.22. The summed E-state index contributed by atoms with van der Waals surface area (Å²) in [7, 11) is 0. The Morgan fingerprint density at radius 3 is 2.88 bits per heavy atom. The number of aryl methyl sites for hydroxylation is 1. The number of aromatic amines is 1. The highest BCUT2D eigenvalue weighted by Crippen LogP contribution is 2.21. The van der Waals surface area contributed by atoms with Crippen LogP contribution in [0.25, 0.3) is 10.9 Å². The zero-order chi connectivity index (χ0) is 12.3. The third-order valence-corrected chi connectivity index (χ3v) is 3.28. The summed E-state index contributed by atoms with van der Waals surface area (Å²) in [6.45, 7) is 1.92. The smallest absolute Gasteiger partial charge is 0.306 e. The van der Waals surface area contributed by atoms with Gasteiger partial charge in [-0.1, -0.05) is 25.1 Å². The lowest BCUT2D eigenvalue weighted by molar-refractivity contribution is -0.142. The largest absolute Gasteiger partial charge is 0.481 e. The molecule has 0 fully saturated rings. The molecule has 2 N–H and O–H groups in total. The number of carboxylic acid groups (broad SMARTS) is 1. The molecular weight excluding hydrogens is 214 g/mol. The van der Waals surface area contributed by atoms with Crippen LogP contribution in [0.5, 0.6) is 0 Å². The van der Waals surface area contributed by atoms with Gasteiger partial charge in [0.05, 0.1) is 5.92 Å². The van der Waals surface area contributed by atoms with Gasteiger partial charge < -0.3 is 10.1 Å². The SMILES string of the molecule is CCC(CCc1c[nH]c2ccccc12)C(=O)O. The summed E-state index contributed by atoms with van der Waals surface area (Å²) in [4.78, 5) is 14.2. The first-order valence-electron chi connectivity index (χ1n) is 6.00. The molecule has 3 nitrogen and oxygen atoms in total. The number of aliphatic carboxylic acids is 1. The van der Waals surface area contributed by atoms with Crippen LogP contribution in [0.1, 0.15) is 25.3 Å². The van der Waals surface area contributed by atoms with E-state index in [0.29, 0.717) is 12.8 Å². The first-order valence-corrected chi connectivity index (χ1v) is 6.00. The van der Waals surface area contributed by atoms with Crippen LogP contribution < -0.4 is 0 Å². The lowest BCUT2D eigenvalue weighted by Gasteiger charge is -2.08. The predicted octanol–water partition coefficient (Wildman–Crippen LogP) is 3.21. The molecule has 0 amide bonds. The maximum atomic E-state index is 10.9. The molecule has 0 aliphatic rings. The molecule has 0 spiro atoms. The van der Waals surface area contributed by atoms with Crippen molar-refractivity contribution >= 4 is 16.9 Å². The molecule has 1 unspecified atom stereocenters. The molecule has 0 saturated carbocycles. The number of hydrogen-bond donors (Lipinski definition) is 2. The van der Waals surface area contributed by atoms with Crippen LogP contribution >= 0.6 is 0 Å². The number of benzene rings is 1. The van der Waals surface area contributed by atoms with Crippen LogP contribution in [0, 0.1) is 5.92 Å². The van der Waals surface area contributed by atoms with Gasteiger partial charge in [0.1, 0.15) is 0 Å². The van der Waals surface area contributed by atoms with Gasteiger partial charge >= 0.3 is 5.97 Å². The second kappa shape index (κ2) is 5.04. The number of fused-ring (bicyclic) bond motifs is 1. The molecule has 2 rings (SSSR count). The highest BCUT2D eigenvalue weighted by Gasteiger charge is 2.15. The molecule has 17 heavy (non-hydrogen) atoms. The number of carbonyl (C=O) groups is 1. The molecule has 2 aromatic rings.